The molecular formula is C14H25NO3S. The average Bonchev–Trinajstić information content (AvgIpc) is 2.77. The van der Waals surface area contributed by atoms with Crippen LogP contribution in [-0.2, 0) is 9.59 Å². The second-order valence-electron chi connectivity index (χ2n) is 5.96. The third kappa shape index (κ3) is 4.41. The fourth-order valence-corrected chi connectivity index (χ4v) is 3.31. The summed E-state index contributed by atoms with van der Waals surface area (Å²) in [5.74, 6) is -0.154. The van der Waals surface area contributed by atoms with Gasteiger partial charge in [0.1, 0.15) is 6.04 Å². The fourth-order valence-electron chi connectivity index (χ4n) is 3.05. The van der Waals surface area contributed by atoms with Gasteiger partial charge in [0.15, 0.2) is 0 Å². The van der Waals surface area contributed by atoms with E-state index in [0.29, 0.717) is 18.1 Å². The Hall–Kier alpha value is -0.710. The minimum atomic E-state index is -0.972. The molecule has 4 nitrogen and oxygen atoms in total. The van der Waals surface area contributed by atoms with Gasteiger partial charge in [-0.2, -0.15) is 12.6 Å². The molecule has 0 spiro atoms. The standard InChI is InChI=1S/C14H25NO3S/c1-10(2)9-14(6-3-4-7-14)13(18)15-11(5-8-19)12(16)17/h10-11,19H,3-9H2,1-2H3,(H,15,18)(H,16,17). The number of amides is 1. The number of nitrogens with one attached hydrogen (secondary N) is 1. The summed E-state index contributed by atoms with van der Waals surface area (Å²) in [5, 5.41) is 11.8. The Morgan fingerprint density at radius 1 is 1.32 bits per heavy atom. The fraction of sp³-hybridized carbons (Fsp3) is 0.857. The quantitative estimate of drug-likeness (QED) is 0.630. The molecule has 0 heterocycles. The SMILES string of the molecule is CC(C)CC1(C(=O)NC(CCS)C(=O)O)CCCC1. The molecule has 1 atom stereocenters. The van der Waals surface area contributed by atoms with Crippen molar-refractivity contribution in [3.05, 3.63) is 0 Å². The van der Waals surface area contributed by atoms with E-state index in [1.54, 1.807) is 0 Å². The molecule has 0 aliphatic heterocycles. The predicted octanol–water partition coefficient (Wildman–Crippen LogP) is 2.48. The Morgan fingerprint density at radius 2 is 1.89 bits per heavy atom. The number of hydrogen-bond donors (Lipinski definition) is 3. The average molecular weight is 287 g/mol. The number of aliphatic carboxylic acids is 1. The number of thiol groups is 1. The van der Waals surface area contributed by atoms with Crippen LogP contribution in [0.15, 0.2) is 0 Å². The van der Waals surface area contributed by atoms with E-state index in [1.807, 2.05) is 0 Å². The molecule has 1 aliphatic carbocycles. The van der Waals surface area contributed by atoms with Crippen LogP contribution in [0.1, 0.15) is 52.4 Å². The Bertz CT molecular complexity index is 325. The van der Waals surface area contributed by atoms with Gasteiger partial charge in [-0.3, -0.25) is 4.79 Å². The summed E-state index contributed by atoms with van der Waals surface area (Å²) in [6, 6.07) is -0.811. The highest BCUT2D eigenvalue weighted by molar-refractivity contribution is 7.80. The van der Waals surface area contributed by atoms with Crippen LogP contribution in [0.25, 0.3) is 0 Å². The van der Waals surface area contributed by atoms with Gasteiger partial charge in [0.05, 0.1) is 0 Å². The van der Waals surface area contributed by atoms with E-state index in [2.05, 4.69) is 31.8 Å². The van der Waals surface area contributed by atoms with Crippen molar-refractivity contribution in [1.29, 1.82) is 0 Å². The molecule has 0 aromatic carbocycles. The lowest BCUT2D eigenvalue weighted by molar-refractivity contribution is -0.144. The minimum Gasteiger partial charge on any atom is -0.480 e. The van der Waals surface area contributed by atoms with E-state index in [9.17, 15) is 9.59 Å². The molecular weight excluding hydrogens is 262 g/mol. The summed E-state index contributed by atoms with van der Waals surface area (Å²) >= 11 is 4.05. The van der Waals surface area contributed by atoms with E-state index >= 15 is 0 Å². The number of carboxylic acids is 1. The monoisotopic (exact) mass is 287 g/mol. The second-order valence-corrected chi connectivity index (χ2v) is 6.41. The lowest BCUT2D eigenvalue weighted by atomic mass is 9.77. The maximum Gasteiger partial charge on any atom is 0.326 e. The first-order valence-corrected chi connectivity index (χ1v) is 7.69. The highest BCUT2D eigenvalue weighted by Crippen LogP contribution is 2.43. The summed E-state index contributed by atoms with van der Waals surface area (Å²) in [6.07, 6.45) is 5.08. The number of hydrogen-bond acceptors (Lipinski definition) is 3. The normalized spacial score (nSPS) is 19.4. The third-order valence-electron chi connectivity index (χ3n) is 3.86. The molecule has 0 saturated heterocycles. The van der Waals surface area contributed by atoms with Crippen LogP contribution in [0.4, 0.5) is 0 Å². The third-order valence-corrected chi connectivity index (χ3v) is 4.12. The minimum absolute atomic E-state index is 0.0760. The summed E-state index contributed by atoms with van der Waals surface area (Å²) in [7, 11) is 0. The van der Waals surface area contributed by atoms with E-state index in [1.165, 1.54) is 0 Å². The predicted molar refractivity (Wildman–Crippen MR) is 78.4 cm³/mol. The van der Waals surface area contributed by atoms with E-state index in [0.717, 1.165) is 32.1 Å². The van der Waals surface area contributed by atoms with Gasteiger partial charge in [-0.05, 0) is 37.4 Å². The first-order valence-electron chi connectivity index (χ1n) is 7.06. The zero-order chi connectivity index (χ0) is 14.5. The molecule has 1 rings (SSSR count). The zero-order valence-corrected chi connectivity index (χ0v) is 12.7. The van der Waals surface area contributed by atoms with E-state index in [4.69, 9.17) is 5.11 Å². The number of rotatable bonds is 7. The number of carboxylic acid groups (broad SMARTS) is 1. The van der Waals surface area contributed by atoms with Crippen LogP contribution >= 0.6 is 12.6 Å². The maximum atomic E-state index is 12.5. The van der Waals surface area contributed by atoms with Gasteiger partial charge < -0.3 is 10.4 Å². The van der Waals surface area contributed by atoms with Gasteiger partial charge in [0.25, 0.3) is 0 Å². The molecule has 1 saturated carbocycles. The van der Waals surface area contributed by atoms with E-state index < -0.39 is 12.0 Å². The zero-order valence-electron chi connectivity index (χ0n) is 11.8. The Morgan fingerprint density at radius 3 is 2.32 bits per heavy atom. The lowest BCUT2D eigenvalue weighted by Crippen LogP contribution is -2.48. The molecule has 0 aromatic heterocycles. The Kier molecular flexibility index (Phi) is 6.17. The molecule has 0 radical (unpaired) electrons. The van der Waals surface area contributed by atoms with Crippen molar-refractivity contribution in [2.45, 2.75) is 58.4 Å². The summed E-state index contributed by atoms with van der Waals surface area (Å²) in [4.78, 5) is 23.6. The van der Waals surface area contributed by atoms with Crippen molar-refractivity contribution < 1.29 is 14.7 Å². The molecule has 1 amide bonds. The van der Waals surface area contributed by atoms with Crippen LogP contribution in [0.2, 0.25) is 0 Å². The first kappa shape index (κ1) is 16.3. The van der Waals surface area contributed by atoms with Crippen LogP contribution in [-0.4, -0.2) is 28.8 Å². The van der Waals surface area contributed by atoms with Crippen LogP contribution in [0, 0.1) is 11.3 Å². The maximum absolute atomic E-state index is 12.5. The van der Waals surface area contributed by atoms with Crippen LogP contribution in [0.5, 0.6) is 0 Å². The molecule has 1 unspecified atom stereocenters. The number of carbonyl (C=O) groups is 2. The van der Waals surface area contributed by atoms with Crippen molar-refractivity contribution in [3.63, 3.8) is 0 Å². The molecule has 2 N–H and O–H groups in total. The van der Waals surface area contributed by atoms with Gasteiger partial charge in [0.2, 0.25) is 5.91 Å². The number of carbonyl (C=O) groups excluding carboxylic acids is 1. The van der Waals surface area contributed by atoms with Crippen LogP contribution in [0.3, 0.4) is 0 Å². The molecule has 5 heteroatoms. The van der Waals surface area contributed by atoms with E-state index in [-0.39, 0.29) is 11.3 Å². The largest absolute Gasteiger partial charge is 0.480 e. The van der Waals surface area contributed by atoms with Gasteiger partial charge in [0, 0.05) is 5.41 Å². The Labute approximate surface area is 120 Å². The smallest absolute Gasteiger partial charge is 0.326 e. The van der Waals surface area contributed by atoms with Gasteiger partial charge in [-0.1, -0.05) is 26.7 Å². The molecule has 110 valence electrons. The molecule has 1 aliphatic rings. The molecule has 19 heavy (non-hydrogen) atoms. The van der Waals surface area contributed by atoms with Crippen molar-refractivity contribution in [2.75, 3.05) is 5.75 Å². The van der Waals surface area contributed by atoms with Crippen molar-refractivity contribution in [2.24, 2.45) is 11.3 Å². The Balaban J connectivity index is 2.74. The second kappa shape index (κ2) is 7.17. The molecule has 1 fully saturated rings. The van der Waals surface area contributed by atoms with Gasteiger partial charge in [-0.15, -0.1) is 0 Å². The van der Waals surface area contributed by atoms with Gasteiger partial charge in [-0.25, -0.2) is 4.79 Å². The highest BCUT2D eigenvalue weighted by atomic mass is 32.1. The topological polar surface area (TPSA) is 66.4 Å². The molecule has 0 bridgehead atoms. The van der Waals surface area contributed by atoms with Crippen molar-refractivity contribution in [3.8, 4) is 0 Å². The summed E-state index contributed by atoms with van der Waals surface area (Å²) in [6.45, 7) is 4.21. The lowest BCUT2D eigenvalue weighted by Gasteiger charge is -2.31. The van der Waals surface area contributed by atoms with Crippen molar-refractivity contribution >= 4 is 24.5 Å². The molecule has 0 aromatic rings. The summed E-state index contributed by atoms with van der Waals surface area (Å²) in [5.41, 5.74) is -0.349. The van der Waals surface area contributed by atoms with Crippen molar-refractivity contribution in [1.82, 2.24) is 5.32 Å². The first-order chi connectivity index (χ1) is 8.91. The summed E-state index contributed by atoms with van der Waals surface area (Å²) < 4.78 is 0. The van der Waals surface area contributed by atoms with Crippen LogP contribution < -0.4 is 5.32 Å². The highest BCUT2D eigenvalue weighted by Gasteiger charge is 2.42. The van der Waals surface area contributed by atoms with Gasteiger partial charge >= 0.3 is 5.97 Å².